The number of hydrogen-bond acceptors (Lipinski definition) is 6. The predicted octanol–water partition coefficient (Wildman–Crippen LogP) is 7.16. The monoisotopic (exact) mass is 588 g/mol. The van der Waals surface area contributed by atoms with Gasteiger partial charge >= 0.3 is 5.97 Å². The third-order valence-corrected chi connectivity index (χ3v) is 8.59. The van der Waals surface area contributed by atoms with Crippen molar-refractivity contribution < 1.29 is 19.4 Å². The van der Waals surface area contributed by atoms with Crippen LogP contribution in [0.4, 0.5) is 5.82 Å². The van der Waals surface area contributed by atoms with E-state index in [2.05, 4.69) is 5.10 Å². The Balaban J connectivity index is 1.57. The minimum absolute atomic E-state index is 0.0662. The summed E-state index contributed by atoms with van der Waals surface area (Å²) in [6, 6.07) is 15.3. The third-order valence-electron chi connectivity index (χ3n) is 7.20. The van der Waals surface area contributed by atoms with Crippen LogP contribution in [0.3, 0.4) is 0 Å². The van der Waals surface area contributed by atoms with Crippen molar-refractivity contribution in [1.82, 2.24) is 14.8 Å². The van der Waals surface area contributed by atoms with E-state index < -0.39 is 17.7 Å². The summed E-state index contributed by atoms with van der Waals surface area (Å²) in [5, 5.41) is 17.2. The van der Waals surface area contributed by atoms with E-state index >= 15 is 0 Å². The quantitative estimate of drug-likeness (QED) is 0.211. The summed E-state index contributed by atoms with van der Waals surface area (Å²) in [7, 11) is 1.87. The zero-order chi connectivity index (χ0) is 29.2. The molecule has 0 aliphatic carbocycles. The second kappa shape index (κ2) is 9.94. The van der Waals surface area contributed by atoms with Crippen molar-refractivity contribution in [2.75, 3.05) is 11.4 Å². The van der Waals surface area contributed by atoms with Crippen LogP contribution in [-0.2, 0) is 21.4 Å². The Morgan fingerprint density at radius 3 is 2.44 bits per heavy atom. The number of nitrogens with zero attached hydrogens (tertiary/aromatic N) is 4. The van der Waals surface area contributed by atoms with Gasteiger partial charge in [0.25, 0.3) is 0 Å². The highest BCUT2D eigenvalue weighted by Crippen LogP contribution is 2.45. The van der Waals surface area contributed by atoms with Crippen LogP contribution in [0.5, 0.6) is 0 Å². The Kier molecular flexibility index (Phi) is 6.64. The van der Waals surface area contributed by atoms with Gasteiger partial charge in [-0.1, -0.05) is 23.7 Å². The van der Waals surface area contributed by atoms with Crippen LogP contribution in [0.15, 0.2) is 48.5 Å². The van der Waals surface area contributed by atoms with E-state index in [1.165, 1.54) is 11.3 Å². The van der Waals surface area contributed by atoms with Crippen LogP contribution in [0, 0.1) is 6.92 Å². The zero-order valence-electron chi connectivity index (χ0n) is 23.4. The standard InChI is InChI=1S/C31H29ClN4O4S/c1-16-14-21-27(25(17-6-9-19(32)10-7-17)24(16)26(30(38)39)40-31(2,3)4)41-29(33-21)18-8-11-22-20(15-18)28(34-35(22)5)36-13-12-23(36)37/h6-11,14-15,26H,12-13H2,1-5H3,(H,38,39)/t26-/m0/s1. The Hall–Kier alpha value is -3.79. The van der Waals surface area contributed by atoms with Crippen molar-refractivity contribution in [2.24, 2.45) is 7.05 Å². The average molecular weight is 589 g/mol. The number of fused-ring (bicyclic) bond motifs is 2. The highest BCUT2D eigenvalue weighted by molar-refractivity contribution is 7.22. The number of hydrogen-bond donors (Lipinski definition) is 1. The molecule has 1 N–H and O–H groups in total. The van der Waals surface area contributed by atoms with Gasteiger partial charge in [0.05, 0.1) is 21.3 Å². The van der Waals surface area contributed by atoms with Crippen LogP contribution >= 0.6 is 22.9 Å². The second-order valence-corrected chi connectivity index (χ2v) is 12.7. The summed E-state index contributed by atoms with van der Waals surface area (Å²) in [6.45, 7) is 8.10. The van der Waals surface area contributed by atoms with Gasteiger partial charge in [0.2, 0.25) is 5.91 Å². The first-order valence-electron chi connectivity index (χ1n) is 13.3. The van der Waals surface area contributed by atoms with Gasteiger partial charge in [0, 0.05) is 47.1 Å². The van der Waals surface area contributed by atoms with E-state index in [1.54, 1.807) is 21.7 Å². The molecular weight excluding hydrogens is 560 g/mol. The molecule has 8 nitrogen and oxygen atoms in total. The molecule has 1 atom stereocenters. The normalized spacial score (nSPS) is 14.6. The number of carboxylic acid groups (broad SMARTS) is 1. The number of aryl methyl sites for hydroxylation is 2. The van der Waals surface area contributed by atoms with Gasteiger partial charge in [-0.25, -0.2) is 9.78 Å². The lowest BCUT2D eigenvalue weighted by atomic mass is 9.91. The van der Waals surface area contributed by atoms with Gasteiger partial charge in [0.15, 0.2) is 11.9 Å². The molecule has 0 bridgehead atoms. The van der Waals surface area contributed by atoms with E-state index in [1.807, 2.05) is 71.1 Å². The van der Waals surface area contributed by atoms with E-state index in [4.69, 9.17) is 21.3 Å². The minimum Gasteiger partial charge on any atom is -0.479 e. The first-order valence-corrected chi connectivity index (χ1v) is 14.5. The third kappa shape index (κ3) is 4.88. The highest BCUT2D eigenvalue weighted by Gasteiger charge is 2.33. The number of anilines is 1. The van der Waals surface area contributed by atoms with E-state index in [0.29, 0.717) is 29.4 Å². The smallest absolute Gasteiger partial charge is 0.337 e. The number of carbonyl (C=O) groups is 2. The highest BCUT2D eigenvalue weighted by atomic mass is 35.5. The fraction of sp³-hybridized carbons (Fsp3) is 0.290. The molecule has 5 aromatic rings. The molecule has 210 valence electrons. The molecule has 3 aromatic carbocycles. The molecule has 41 heavy (non-hydrogen) atoms. The van der Waals surface area contributed by atoms with Crippen molar-refractivity contribution in [3.05, 3.63) is 64.7 Å². The summed E-state index contributed by atoms with van der Waals surface area (Å²) in [5.74, 6) is -0.334. The topological polar surface area (TPSA) is 97.5 Å². The van der Waals surface area contributed by atoms with Gasteiger partial charge in [-0.05, 0) is 75.2 Å². The van der Waals surface area contributed by atoms with Gasteiger partial charge < -0.3 is 9.84 Å². The molecule has 1 fully saturated rings. The van der Waals surface area contributed by atoms with Crippen LogP contribution < -0.4 is 4.90 Å². The number of halogens is 1. The lowest BCUT2D eigenvalue weighted by molar-refractivity contribution is -0.160. The summed E-state index contributed by atoms with van der Waals surface area (Å²) < 4.78 is 8.76. The van der Waals surface area contributed by atoms with E-state index in [0.717, 1.165) is 48.4 Å². The molecule has 1 amide bonds. The summed E-state index contributed by atoms with van der Waals surface area (Å²) in [6.07, 6.45) is -0.653. The Labute approximate surface area is 246 Å². The molecule has 1 saturated heterocycles. The van der Waals surface area contributed by atoms with Crippen molar-refractivity contribution in [2.45, 2.75) is 45.8 Å². The predicted molar refractivity (Wildman–Crippen MR) is 163 cm³/mol. The molecule has 0 saturated carbocycles. The molecule has 1 aliphatic rings. The summed E-state index contributed by atoms with van der Waals surface area (Å²) in [5.41, 5.74) is 4.87. The molecule has 0 radical (unpaired) electrons. The average Bonchev–Trinajstić information content (AvgIpc) is 3.46. The number of amides is 1. The fourth-order valence-corrected chi connectivity index (χ4v) is 6.53. The summed E-state index contributed by atoms with van der Waals surface area (Å²) in [4.78, 5) is 31.5. The number of benzene rings is 3. The SMILES string of the molecule is Cc1cc2nc(-c3ccc4c(c3)c(N3CCC3=O)nn4C)sc2c(-c2ccc(Cl)cc2)c1[C@H](OC(C)(C)C)C(=O)O. The molecule has 10 heteroatoms. The first-order chi connectivity index (χ1) is 19.4. The Bertz CT molecular complexity index is 1850. The number of carbonyl (C=O) groups excluding carboxylic acids is 1. The maximum absolute atomic E-state index is 12.6. The van der Waals surface area contributed by atoms with Crippen molar-refractivity contribution in [3.8, 4) is 21.7 Å². The fourth-order valence-electron chi connectivity index (χ4n) is 5.28. The number of aliphatic carboxylic acids is 1. The molecule has 3 heterocycles. The lowest BCUT2D eigenvalue weighted by Gasteiger charge is -2.28. The van der Waals surface area contributed by atoms with Crippen LogP contribution in [0.25, 0.3) is 42.8 Å². The van der Waals surface area contributed by atoms with Crippen molar-refractivity contribution >= 4 is 61.8 Å². The number of carboxylic acids is 1. The Morgan fingerprint density at radius 1 is 1.12 bits per heavy atom. The van der Waals surface area contributed by atoms with Gasteiger partial charge in [-0.3, -0.25) is 14.4 Å². The number of thiazole rings is 1. The van der Waals surface area contributed by atoms with Crippen molar-refractivity contribution in [3.63, 3.8) is 0 Å². The number of ether oxygens (including phenoxy) is 1. The number of rotatable bonds is 6. The van der Waals surface area contributed by atoms with Crippen LogP contribution in [-0.4, -0.2) is 43.9 Å². The Morgan fingerprint density at radius 2 is 1.83 bits per heavy atom. The van der Waals surface area contributed by atoms with Gasteiger partial charge in [-0.2, -0.15) is 5.10 Å². The minimum atomic E-state index is -1.18. The molecule has 1 aliphatic heterocycles. The van der Waals surface area contributed by atoms with Crippen LogP contribution in [0.1, 0.15) is 44.4 Å². The molecular formula is C31H29ClN4O4S. The zero-order valence-corrected chi connectivity index (χ0v) is 24.9. The summed E-state index contributed by atoms with van der Waals surface area (Å²) >= 11 is 7.72. The maximum atomic E-state index is 12.6. The van der Waals surface area contributed by atoms with E-state index in [9.17, 15) is 14.7 Å². The first kappa shape index (κ1) is 27.4. The molecule has 0 unspecified atom stereocenters. The van der Waals surface area contributed by atoms with Gasteiger partial charge in [0.1, 0.15) is 5.01 Å². The largest absolute Gasteiger partial charge is 0.479 e. The maximum Gasteiger partial charge on any atom is 0.337 e. The van der Waals surface area contributed by atoms with Gasteiger partial charge in [-0.15, -0.1) is 11.3 Å². The number of β-lactam (4-membered cyclic amide) rings is 1. The second-order valence-electron chi connectivity index (χ2n) is 11.3. The van der Waals surface area contributed by atoms with Crippen LogP contribution in [0.2, 0.25) is 5.02 Å². The molecule has 6 rings (SSSR count). The molecule has 2 aromatic heterocycles. The van der Waals surface area contributed by atoms with Crippen molar-refractivity contribution in [1.29, 1.82) is 0 Å². The molecule has 0 spiro atoms. The number of aromatic nitrogens is 3. The van der Waals surface area contributed by atoms with E-state index in [-0.39, 0.29) is 5.91 Å². The lowest BCUT2D eigenvalue weighted by Crippen LogP contribution is -2.43.